The fraction of sp³-hybridized carbons (Fsp3) is 0.167. The number of aromatic nitrogens is 3. The normalized spacial score (nSPS) is 10.4. The summed E-state index contributed by atoms with van der Waals surface area (Å²) >= 11 is 0. The molecule has 2 N–H and O–H groups in total. The van der Waals surface area contributed by atoms with E-state index in [2.05, 4.69) is 20.7 Å². The molecule has 2 aromatic carbocycles. The zero-order valence-corrected chi connectivity index (χ0v) is 13.5. The lowest BCUT2D eigenvalue weighted by Crippen LogP contribution is -2.34. The molecule has 7 heteroatoms. The van der Waals surface area contributed by atoms with E-state index in [9.17, 15) is 9.18 Å². The minimum Gasteiger partial charge on any atom is -0.334 e. The first-order valence-electron chi connectivity index (χ1n) is 7.86. The number of carbonyl (C=O) groups is 1. The number of nitrogens with zero attached hydrogens (tertiary/aromatic N) is 3. The molecular weight excluding hydrogens is 321 g/mol. The topological polar surface area (TPSA) is 71.8 Å². The second-order valence-electron chi connectivity index (χ2n) is 5.54. The van der Waals surface area contributed by atoms with Crippen LogP contribution in [0, 0.1) is 5.82 Å². The SMILES string of the molecule is O=C(NCc1cccc(Cn2cncn2)c1)NCc1ccccc1F. The minimum absolute atomic E-state index is 0.144. The van der Waals surface area contributed by atoms with Gasteiger partial charge in [-0.2, -0.15) is 5.10 Å². The summed E-state index contributed by atoms with van der Waals surface area (Å²) in [5, 5.41) is 9.49. The van der Waals surface area contributed by atoms with Gasteiger partial charge in [0, 0.05) is 18.7 Å². The van der Waals surface area contributed by atoms with Gasteiger partial charge in [0.1, 0.15) is 18.5 Å². The van der Waals surface area contributed by atoms with E-state index in [-0.39, 0.29) is 18.4 Å². The first kappa shape index (κ1) is 16.6. The molecule has 0 aliphatic carbocycles. The second kappa shape index (κ2) is 8.05. The van der Waals surface area contributed by atoms with Gasteiger partial charge in [0.25, 0.3) is 0 Å². The predicted octanol–water partition coefficient (Wildman–Crippen LogP) is 2.46. The minimum atomic E-state index is -0.343. The first-order chi connectivity index (χ1) is 12.2. The van der Waals surface area contributed by atoms with Crippen LogP contribution >= 0.6 is 0 Å². The Hall–Kier alpha value is -3.22. The van der Waals surface area contributed by atoms with Crippen molar-refractivity contribution in [2.24, 2.45) is 0 Å². The summed E-state index contributed by atoms with van der Waals surface area (Å²) in [4.78, 5) is 15.8. The van der Waals surface area contributed by atoms with Gasteiger partial charge in [-0.3, -0.25) is 0 Å². The molecule has 0 saturated heterocycles. The molecule has 128 valence electrons. The summed E-state index contributed by atoms with van der Waals surface area (Å²) in [5.41, 5.74) is 2.49. The van der Waals surface area contributed by atoms with E-state index in [4.69, 9.17) is 0 Å². The van der Waals surface area contributed by atoms with Crippen molar-refractivity contribution in [3.8, 4) is 0 Å². The number of carbonyl (C=O) groups excluding carboxylic acids is 1. The van der Waals surface area contributed by atoms with Crippen molar-refractivity contribution < 1.29 is 9.18 Å². The molecule has 3 aromatic rings. The summed E-state index contributed by atoms with van der Waals surface area (Å²) in [6.07, 6.45) is 3.15. The van der Waals surface area contributed by atoms with Gasteiger partial charge in [-0.05, 0) is 17.2 Å². The van der Waals surface area contributed by atoms with E-state index in [0.717, 1.165) is 11.1 Å². The Labute approximate surface area is 144 Å². The van der Waals surface area contributed by atoms with Crippen LogP contribution in [0.1, 0.15) is 16.7 Å². The van der Waals surface area contributed by atoms with Gasteiger partial charge >= 0.3 is 6.03 Å². The highest BCUT2D eigenvalue weighted by Gasteiger charge is 2.05. The van der Waals surface area contributed by atoms with Gasteiger partial charge in [-0.25, -0.2) is 18.9 Å². The number of hydrogen-bond donors (Lipinski definition) is 2. The number of amides is 2. The molecule has 0 radical (unpaired) electrons. The molecule has 1 heterocycles. The molecule has 0 unspecified atom stereocenters. The molecule has 0 spiro atoms. The van der Waals surface area contributed by atoms with Crippen LogP contribution in [-0.4, -0.2) is 20.8 Å². The number of urea groups is 1. The summed E-state index contributed by atoms with van der Waals surface area (Å²) in [6, 6.07) is 13.9. The van der Waals surface area contributed by atoms with Gasteiger partial charge in [-0.15, -0.1) is 0 Å². The number of nitrogens with one attached hydrogen (secondary N) is 2. The molecule has 0 saturated carbocycles. The molecule has 2 amide bonds. The third kappa shape index (κ3) is 4.87. The van der Waals surface area contributed by atoms with Crippen molar-refractivity contribution in [2.45, 2.75) is 19.6 Å². The Bertz CT molecular complexity index is 835. The average molecular weight is 339 g/mol. The molecule has 1 aromatic heterocycles. The summed E-state index contributed by atoms with van der Waals surface area (Å²) in [5.74, 6) is -0.330. The molecule has 0 aliphatic rings. The standard InChI is InChI=1S/C18H18FN5O/c19-17-7-2-1-6-16(17)10-22-18(25)21-9-14-4-3-5-15(8-14)11-24-13-20-12-23-24/h1-8,12-13H,9-11H2,(H2,21,22,25). The Balaban J connectivity index is 1.49. The molecule has 25 heavy (non-hydrogen) atoms. The van der Waals surface area contributed by atoms with Crippen molar-refractivity contribution in [3.05, 3.63) is 83.7 Å². The maximum atomic E-state index is 13.5. The molecule has 6 nitrogen and oxygen atoms in total. The van der Waals surface area contributed by atoms with Crippen LogP contribution in [-0.2, 0) is 19.6 Å². The lowest BCUT2D eigenvalue weighted by atomic mass is 10.1. The Morgan fingerprint density at radius 2 is 1.84 bits per heavy atom. The van der Waals surface area contributed by atoms with Gasteiger partial charge in [-0.1, -0.05) is 42.5 Å². The lowest BCUT2D eigenvalue weighted by Gasteiger charge is -2.09. The monoisotopic (exact) mass is 339 g/mol. The van der Waals surface area contributed by atoms with Crippen LogP contribution in [0.25, 0.3) is 0 Å². The van der Waals surface area contributed by atoms with Gasteiger partial charge in [0.2, 0.25) is 0 Å². The zero-order valence-electron chi connectivity index (χ0n) is 13.5. The fourth-order valence-corrected chi connectivity index (χ4v) is 2.40. The predicted molar refractivity (Wildman–Crippen MR) is 91.0 cm³/mol. The van der Waals surface area contributed by atoms with E-state index in [1.807, 2.05) is 24.3 Å². The highest BCUT2D eigenvalue weighted by Crippen LogP contribution is 2.07. The van der Waals surface area contributed by atoms with Gasteiger partial charge < -0.3 is 10.6 Å². The van der Waals surface area contributed by atoms with Crippen LogP contribution in [0.5, 0.6) is 0 Å². The Morgan fingerprint density at radius 3 is 2.64 bits per heavy atom. The van der Waals surface area contributed by atoms with Gasteiger partial charge in [0.15, 0.2) is 0 Å². The number of hydrogen-bond acceptors (Lipinski definition) is 3. The van der Waals surface area contributed by atoms with Crippen molar-refractivity contribution in [3.63, 3.8) is 0 Å². The van der Waals surface area contributed by atoms with Crippen LogP contribution in [0.2, 0.25) is 0 Å². The molecule has 0 aliphatic heterocycles. The molecule has 0 atom stereocenters. The number of benzene rings is 2. The average Bonchev–Trinajstić information content (AvgIpc) is 3.12. The third-order valence-electron chi connectivity index (χ3n) is 3.65. The molecular formula is C18H18FN5O. The van der Waals surface area contributed by atoms with Crippen LogP contribution in [0.3, 0.4) is 0 Å². The number of halogens is 1. The molecule has 3 rings (SSSR count). The summed E-state index contributed by atoms with van der Waals surface area (Å²) in [6.45, 7) is 1.15. The van der Waals surface area contributed by atoms with E-state index in [1.54, 1.807) is 29.2 Å². The van der Waals surface area contributed by atoms with Crippen LogP contribution in [0.15, 0.2) is 61.2 Å². The van der Waals surface area contributed by atoms with E-state index < -0.39 is 0 Å². The third-order valence-corrected chi connectivity index (χ3v) is 3.65. The Kier molecular flexibility index (Phi) is 5.36. The van der Waals surface area contributed by atoms with Crippen molar-refractivity contribution in [2.75, 3.05) is 0 Å². The van der Waals surface area contributed by atoms with E-state index in [1.165, 1.54) is 12.4 Å². The smallest absolute Gasteiger partial charge is 0.315 e. The van der Waals surface area contributed by atoms with Crippen LogP contribution < -0.4 is 10.6 Å². The number of rotatable bonds is 6. The van der Waals surface area contributed by atoms with Crippen molar-refractivity contribution in [1.82, 2.24) is 25.4 Å². The first-order valence-corrected chi connectivity index (χ1v) is 7.86. The maximum Gasteiger partial charge on any atom is 0.315 e. The van der Waals surface area contributed by atoms with Gasteiger partial charge in [0.05, 0.1) is 6.54 Å². The second-order valence-corrected chi connectivity index (χ2v) is 5.54. The highest BCUT2D eigenvalue weighted by molar-refractivity contribution is 5.73. The largest absolute Gasteiger partial charge is 0.334 e. The van der Waals surface area contributed by atoms with E-state index in [0.29, 0.717) is 18.7 Å². The van der Waals surface area contributed by atoms with E-state index >= 15 is 0 Å². The summed E-state index contributed by atoms with van der Waals surface area (Å²) < 4.78 is 15.2. The lowest BCUT2D eigenvalue weighted by molar-refractivity contribution is 0.240. The molecule has 0 bridgehead atoms. The van der Waals surface area contributed by atoms with Crippen LogP contribution in [0.4, 0.5) is 9.18 Å². The highest BCUT2D eigenvalue weighted by atomic mass is 19.1. The van der Waals surface area contributed by atoms with Crippen molar-refractivity contribution in [1.29, 1.82) is 0 Å². The summed E-state index contributed by atoms with van der Waals surface area (Å²) in [7, 11) is 0. The zero-order chi connectivity index (χ0) is 17.5. The van der Waals surface area contributed by atoms with Crippen molar-refractivity contribution >= 4 is 6.03 Å². The quantitative estimate of drug-likeness (QED) is 0.725. The molecule has 0 fully saturated rings. The Morgan fingerprint density at radius 1 is 1.04 bits per heavy atom. The maximum absolute atomic E-state index is 13.5. The fourth-order valence-electron chi connectivity index (χ4n) is 2.40.